The first-order chi connectivity index (χ1) is 8.52. The molecule has 0 amide bonds. The van der Waals surface area contributed by atoms with Gasteiger partial charge in [-0.15, -0.1) is 0 Å². The number of rotatable bonds is 2. The van der Waals surface area contributed by atoms with Crippen LogP contribution in [0.1, 0.15) is 11.1 Å². The summed E-state index contributed by atoms with van der Waals surface area (Å²) in [5.41, 5.74) is 7.99. The Kier molecular flexibility index (Phi) is 3.40. The van der Waals surface area contributed by atoms with Crippen LogP contribution in [0.3, 0.4) is 0 Å². The first-order valence-electron chi connectivity index (χ1n) is 5.72. The zero-order valence-corrected chi connectivity index (χ0v) is 10.1. The topological polar surface area (TPSA) is 102 Å². The highest BCUT2D eigenvalue weighted by Gasteiger charge is 2.29. The second-order valence-electron chi connectivity index (χ2n) is 4.52. The van der Waals surface area contributed by atoms with Crippen LogP contribution in [0.4, 0.5) is 5.69 Å². The van der Waals surface area contributed by atoms with E-state index in [1.807, 2.05) is 24.0 Å². The molecule has 6 heteroatoms. The van der Waals surface area contributed by atoms with Crippen molar-refractivity contribution in [2.24, 2.45) is 10.9 Å². The summed E-state index contributed by atoms with van der Waals surface area (Å²) in [5.74, 6) is 0.0699. The van der Waals surface area contributed by atoms with Crippen LogP contribution in [0.2, 0.25) is 0 Å². The minimum atomic E-state index is -0.714. The van der Waals surface area contributed by atoms with Gasteiger partial charge in [-0.2, -0.15) is 0 Å². The lowest BCUT2D eigenvalue weighted by Crippen LogP contribution is -2.22. The van der Waals surface area contributed by atoms with Crippen LogP contribution in [0, 0.1) is 6.92 Å². The van der Waals surface area contributed by atoms with Crippen molar-refractivity contribution in [3.63, 3.8) is 0 Å². The quantitative estimate of drug-likeness (QED) is 0.249. The predicted octanol–water partition coefficient (Wildman–Crippen LogP) is -0.369. The van der Waals surface area contributed by atoms with Gasteiger partial charge in [0.25, 0.3) is 0 Å². The van der Waals surface area contributed by atoms with E-state index in [9.17, 15) is 10.2 Å². The zero-order valence-electron chi connectivity index (χ0n) is 10.1. The Bertz CT molecular complexity index is 466. The second kappa shape index (κ2) is 4.83. The first kappa shape index (κ1) is 12.7. The minimum absolute atomic E-state index is 0.0699. The molecule has 6 nitrogen and oxygen atoms in total. The number of aryl methyl sites for hydroxylation is 1. The third-order valence-electron chi connectivity index (χ3n) is 3.22. The maximum atomic E-state index is 9.52. The Labute approximate surface area is 105 Å². The molecule has 0 aromatic heterocycles. The lowest BCUT2D eigenvalue weighted by Gasteiger charge is -2.19. The molecular weight excluding hydrogens is 234 g/mol. The average molecular weight is 251 g/mol. The molecule has 5 N–H and O–H groups in total. The smallest absolute Gasteiger partial charge is 0.170 e. The van der Waals surface area contributed by atoms with Gasteiger partial charge in [0.2, 0.25) is 0 Å². The van der Waals surface area contributed by atoms with E-state index >= 15 is 0 Å². The highest BCUT2D eigenvalue weighted by Crippen LogP contribution is 2.23. The van der Waals surface area contributed by atoms with Gasteiger partial charge in [-0.1, -0.05) is 5.16 Å². The summed E-state index contributed by atoms with van der Waals surface area (Å²) in [7, 11) is 0. The summed E-state index contributed by atoms with van der Waals surface area (Å²) < 4.78 is 0. The Morgan fingerprint density at radius 3 is 2.44 bits per heavy atom. The predicted molar refractivity (Wildman–Crippen MR) is 67.9 cm³/mol. The molecule has 2 unspecified atom stereocenters. The van der Waals surface area contributed by atoms with Crippen molar-refractivity contribution in [1.82, 2.24) is 0 Å². The molecule has 0 radical (unpaired) electrons. The van der Waals surface area contributed by atoms with Crippen LogP contribution >= 0.6 is 0 Å². The Balaban J connectivity index is 2.25. The highest BCUT2D eigenvalue weighted by molar-refractivity contribution is 5.98. The van der Waals surface area contributed by atoms with Crippen LogP contribution < -0.4 is 10.6 Å². The van der Waals surface area contributed by atoms with E-state index in [2.05, 4.69) is 5.16 Å². The normalized spacial score (nSPS) is 24.6. The zero-order chi connectivity index (χ0) is 13.3. The monoisotopic (exact) mass is 251 g/mol. The maximum absolute atomic E-state index is 9.52. The SMILES string of the molecule is Cc1cc(N2CC(O)C(O)C2)ccc1/C(N)=N/O. The van der Waals surface area contributed by atoms with Crippen molar-refractivity contribution in [1.29, 1.82) is 0 Å². The molecule has 18 heavy (non-hydrogen) atoms. The summed E-state index contributed by atoms with van der Waals surface area (Å²) in [6.45, 7) is 2.67. The van der Waals surface area contributed by atoms with Crippen molar-refractivity contribution in [3.05, 3.63) is 29.3 Å². The molecular formula is C12H17N3O3. The summed E-state index contributed by atoms with van der Waals surface area (Å²) >= 11 is 0. The summed E-state index contributed by atoms with van der Waals surface area (Å²) in [6, 6.07) is 5.47. The van der Waals surface area contributed by atoms with Crippen LogP contribution in [-0.2, 0) is 0 Å². The van der Waals surface area contributed by atoms with Gasteiger partial charge in [-0.25, -0.2) is 0 Å². The highest BCUT2D eigenvalue weighted by atomic mass is 16.4. The fraction of sp³-hybridized carbons (Fsp3) is 0.417. The molecule has 1 aliphatic heterocycles. The van der Waals surface area contributed by atoms with Gasteiger partial charge in [0, 0.05) is 24.3 Å². The van der Waals surface area contributed by atoms with E-state index < -0.39 is 12.2 Å². The summed E-state index contributed by atoms with van der Waals surface area (Å²) in [5, 5.41) is 30.7. The van der Waals surface area contributed by atoms with Crippen molar-refractivity contribution < 1.29 is 15.4 Å². The summed E-state index contributed by atoms with van der Waals surface area (Å²) in [6.07, 6.45) is -1.43. The molecule has 2 rings (SSSR count). The molecule has 2 atom stereocenters. The van der Waals surface area contributed by atoms with Crippen LogP contribution in [0.5, 0.6) is 0 Å². The molecule has 0 bridgehead atoms. The molecule has 1 saturated heterocycles. The van der Waals surface area contributed by atoms with E-state index in [-0.39, 0.29) is 5.84 Å². The van der Waals surface area contributed by atoms with E-state index in [0.717, 1.165) is 11.3 Å². The lowest BCUT2D eigenvalue weighted by atomic mass is 10.1. The molecule has 1 aromatic carbocycles. The minimum Gasteiger partial charge on any atom is -0.409 e. The van der Waals surface area contributed by atoms with Crippen LogP contribution in [0.25, 0.3) is 0 Å². The molecule has 1 aliphatic rings. The van der Waals surface area contributed by atoms with Gasteiger partial charge in [-0.05, 0) is 30.7 Å². The fourth-order valence-electron chi connectivity index (χ4n) is 2.17. The van der Waals surface area contributed by atoms with Crippen molar-refractivity contribution >= 4 is 11.5 Å². The van der Waals surface area contributed by atoms with Crippen LogP contribution in [-0.4, -0.2) is 46.6 Å². The number of amidine groups is 1. The number of nitrogens with zero attached hydrogens (tertiary/aromatic N) is 2. The van der Waals surface area contributed by atoms with Gasteiger partial charge in [-0.3, -0.25) is 0 Å². The molecule has 1 aromatic rings. The third-order valence-corrected chi connectivity index (χ3v) is 3.22. The standard InChI is InChI=1S/C12H17N3O3/c1-7-4-8(2-3-9(7)12(13)14-18)15-5-10(16)11(17)6-15/h2-4,10-11,16-18H,5-6H2,1H3,(H2,13,14). The second-order valence-corrected chi connectivity index (χ2v) is 4.52. The summed E-state index contributed by atoms with van der Waals surface area (Å²) in [4.78, 5) is 1.90. The number of aliphatic hydroxyl groups is 2. The lowest BCUT2D eigenvalue weighted by molar-refractivity contribution is 0.0572. The Morgan fingerprint density at radius 1 is 1.33 bits per heavy atom. The maximum Gasteiger partial charge on any atom is 0.170 e. The number of aliphatic hydroxyl groups excluding tert-OH is 2. The Hall–Kier alpha value is -1.79. The van der Waals surface area contributed by atoms with Gasteiger partial charge in [0.15, 0.2) is 5.84 Å². The first-order valence-corrected chi connectivity index (χ1v) is 5.72. The largest absolute Gasteiger partial charge is 0.409 e. The molecule has 0 aliphatic carbocycles. The van der Waals surface area contributed by atoms with Gasteiger partial charge < -0.3 is 26.1 Å². The number of nitrogens with two attached hydrogens (primary N) is 1. The number of benzene rings is 1. The van der Waals surface area contributed by atoms with Gasteiger partial charge in [0.05, 0.1) is 12.2 Å². The van der Waals surface area contributed by atoms with Crippen molar-refractivity contribution in [3.8, 4) is 0 Å². The van der Waals surface area contributed by atoms with E-state index in [0.29, 0.717) is 18.7 Å². The molecule has 0 spiro atoms. The van der Waals surface area contributed by atoms with Crippen molar-refractivity contribution in [2.75, 3.05) is 18.0 Å². The van der Waals surface area contributed by atoms with Gasteiger partial charge >= 0.3 is 0 Å². The number of β-amino-alcohol motifs (C(OH)–C–C–N with tert-alkyl or cyclic N) is 2. The molecule has 1 fully saturated rings. The Morgan fingerprint density at radius 2 is 1.94 bits per heavy atom. The third kappa shape index (κ3) is 2.25. The molecule has 98 valence electrons. The number of hydrogen-bond acceptors (Lipinski definition) is 5. The number of anilines is 1. The molecule has 1 heterocycles. The van der Waals surface area contributed by atoms with E-state index in [1.54, 1.807) is 6.07 Å². The number of hydrogen-bond donors (Lipinski definition) is 4. The van der Waals surface area contributed by atoms with Gasteiger partial charge in [0.1, 0.15) is 0 Å². The van der Waals surface area contributed by atoms with E-state index in [1.165, 1.54) is 0 Å². The van der Waals surface area contributed by atoms with Crippen molar-refractivity contribution in [2.45, 2.75) is 19.1 Å². The van der Waals surface area contributed by atoms with Crippen LogP contribution in [0.15, 0.2) is 23.4 Å². The number of oxime groups is 1. The molecule has 0 saturated carbocycles. The fourth-order valence-corrected chi connectivity index (χ4v) is 2.17. The average Bonchev–Trinajstić information content (AvgIpc) is 2.68. The van der Waals surface area contributed by atoms with E-state index in [4.69, 9.17) is 10.9 Å².